The second-order valence-electron chi connectivity index (χ2n) is 10.1. The summed E-state index contributed by atoms with van der Waals surface area (Å²) in [7, 11) is 0. The minimum Gasteiger partial charge on any atom is -0.508 e. The number of hydrogen-bond acceptors (Lipinski definition) is 6. The van der Waals surface area contributed by atoms with E-state index in [1.165, 1.54) is 12.1 Å². The summed E-state index contributed by atoms with van der Waals surface area (Å²) >= 11 is 0. The van der Waals surface area contributed by atoms with Crippen molar-refractivity contribution in [1.82, 2.24) is 16.0 Å². The molecule has 0 saturated carbocycles. The van der Waals surface area contributed by atoms with Crippen LogP contribution in [0.3, 0.4) is 0 Å². The number of carbonyl (C=O) groups excluding carboxylic acids is 3. The predicted molar refractivity (Wildman–Crippen MR) is 137 cm³/mol. The number of phenols is 1. The Hall–Kier alpha value is -3.14. The Labute approximate surface area is 213 Å². The number of nitrogens with two attached hydrogens (primary N) is 1. The number of benzene rings is 1. The second kappa shape index (κ2) is 14.4. The summed E-state index contributed by atoms with van der Waals surface area (Å²) in [5.41, 5.74) is 6.70. The van der Waals surface area contributed by atoms with Crippen LogP contribution in [0.2, 0.25) is 0 Å². The quantitative estimate of drug-likeness (QED) is 0.222. The van der Waals surface area contributed by atoms with Crippen molar-refractivity contribution in [2.24, 2.45) is 23.5 Å². The molecule has 0 saturated heterocycles. The van der Waals surface area contributed by atoms with Crippen LogP contribution in [0.1, 0.15) is 59.9 Å². The van der Waals surface area contributed by atoms with Gasteiger partial charge in [-0.15, -0.1) is 0 Å². The highest BCUT2D eigenvalue weighted by Gasteiger charge is 2.33. The van der Waals surface area contributed by atoms with Crippen LogP contribution in [0.5, 0.6) is 5.75 Å². The van der Waals surface area contributed by atoms with Crippen molar-refractivity contribution in [1.29, 1.82) is 0 Å². The topological polar surface area (TPSA) is 171 Å². The third-order valence-electron chi connectivity index (χ3n) is 6.09. The molecule has 7 N–H and O–H groups in total. The van der Waals surface area contributed by atoms with Gasteiger partial charge in [-0.2, -0.15) is 0 Å². The number of aliphatic carboxylic acids is 1. The van der Waals surface area contributed by atoms with Crippen LogP contribution in [-0.4, -0.2) is 58.1 Å². The Morgan fingerprint density at radius 3 is 1.89 bits per heavy atom. The van der Waals surface area contributed by atoms with Gasteiger partial charge in [0, 0.05) is 6.42 Å². The molecule has 3 amide bonds. The normalized spacial score (nSPS) is 15.5. The number of carboxylic acids is 1. The fourth-order valence-electron chi connectivity index (χ4n) is 3.68. The van der Waals surface area contributed by atoms with Gasteiger partial charge in [0.25, 0.3) is 0 Å². The van der Waals surface area contributed by atoms with Gasteiger partial charge in [-0.3, -0.25) is 14.4 Å². The molecule has 0 fully saturated rings. The Kier molecular flexibility index (Phi) is 12.4. The number of hydrogen-bond donors (Lipinski definition) is 6. The van der Waals surface area contributed by atoms with Gasteiger partial charge in [-0.1, -0.05) is 60.1 Å². The summed E-state index contributed by atoms with van der Waals surface area (Å²) in [6.07, 6.45) is 1.08. The van der Waals surface area contributed by atoms with Gasteiger partial charge in [-0.25, -0.2) is 4.79 Å². The van der Waals surface area contributed by atoms with Crippen LogP contribution < -0.4 is 21.7 Å². The fraction of sp³-hybridized carbons (Fsp3) is 0.615. The molecule has 0 bridgehead atoms. The first-order chi connectivity index (χ1) is 16.8. The minimum absolute atomic E-state index is 0.0642. The maximum Gasteiger partial charge on any atom is 0.326 e. The summed E-state index contributed by atoms with van der Waals surface area (Å²) in [6, 6.07) is 2.25. The molecule has 36 heavy (non-hydrogen) atoms. The largest absolute Gasteiger partial charge is 0.508 e. The van der Waals surface area contributed by atoms with E-state index in [2.05, 4.69) is 16.0 Å². The first kappa shape index (κ1) is 30.9. The monoisotopic (exact) mass is 506 g/mol. The number of aromatic hydroxyl groups is 1. The highest BCUT2D eigenvalue weighted by Crippen LogP contribution is 2.14. The fourth-order valence-corrected chi connectivity index (χ4v) is 3.68. The maximum absolute atomic E-state index is 13.4. The van der Waals surface area contributed by atoms with Crippen LogP contribution in [0.25, 0.3) is 0 Å². The smallest absolute Gasteiger partial charge is 0.326 e. The SMILES string of the molecule is CCC(C)C(NC(=O)C(Cc1ccc(O)cc1)NC(=O)C(N)CC(C)C)C(=O)NC(C(=O)O)C(C)C. The average molecular weight is 507 g/mol. The lowest BCUT2D eigenvalue weighted by Gasteiger charge is -2.29. The molecule has 0 heterocycles. The van der Waals surface area contributed by atoms with E-state index in [0.29, 0.717) is 18.4 Å². The van der Waals surface area contributed by atoms with Gasteiger partial charge in [0.2, 0.25) is 17.7 Å². The van der Waals surface area contributed by atoms with E-state index in [0.717, 1.165) is 0 Å². The minimum atomic E-state index is -1.16. The number of carboxylic acid groups (broad SMARTS) is 1. The molecule has 0 aliphatic carbocycles. The van der Waals surface area contributed by atoms with Crippen molar-refractivity contribution in [3.63, 3.8) is 0 Å². The van der Waals surface area contributed by atoms with Crippen LogP contribution in [0.4, 0.5) is 0 Å². The summed E-state index contributed by atoms with van der Waals surface area (Å²) in [6.45, 7) is 10.9. The first-order valence-electron chi connectivity index (χ1n) is 12.4. The lowest BCUT2D eigenvalue weighted by Crippen LogP contribution is -2.59. The number of amides is 3. The zero-order valence-corrected chi connectivity index (χ0v) is 22.1. The zero-order valence-electron chi connectivity index (χ0n) is 22.1. The summed E-state index contributed by atoms with van der Waals surface area (Å²) in [5.74, 6) is -3.27. The molecule has 0 spiro atoms. The van der Waals surface area contributed by atoms with E-state index in [1.807, 2.05) is 20.8 Å². The Morgan fingerprint density at radius 1 is 0.861 bits per heavy atom. The molecule has 1 aromatic carbocycles. The molecule has 10 heteroatoms. The molecular formula is C26H42N4O6. The van der Waals surface area contributed by atoms with Gasteiger partial charge < -0.3 is 31.9 Å². The molecule has 5 atom stereocenters. The van der Waals surface area contributed by atoms with Crippen molar-refractivity contribution >= 4 is 23.7 Å². The molecule has 202 valence electrons. The van der Waals surface area contributed by atoms with Crippen molar-refractivity contribution in [2.45, 2.75) is 85.0 Å². The van der Waals surface area contributed by atoms with Gasteiger partial charge in [0.1, 0.15) is 23.9 Å². The van der Waals surface area contributed by atoms with Crippen molar-refractivity contribution < 1.29 is 29.4 Å². The van der Waals surface area contributed by atoms with Crippen molar-refractivity contribution in [3.05, 3.63) is 29.8 Å². The van der Waals surface area contributed by atoms with Gasteiger partial charge in [0.05, 0.1) is 6.04 Å². The first-order valence-corrected chi connectivity index (χ1v) is 12.4. The molecule has 10 nitrogen and oxygen atoms in total. The molecular weight excluding hydrogens is 464 g/mol. The van der Waals surface area contributed by atoms with Crippen LogP contribution in [-0.2, 0) is 25.6 Å². The van der Waals surface area contributed by atoms with Crippen molar-refractivity contribution in [2.75, 3.05) is 0 Å². The number of nitrogens with one attached hydrogen (secondary N) is 3. The summed E-state index contributed by atoms with van der Waals surface area (Å²) in [4.78, 5) is 50.7. The standard InChI is InChI=1S/C26H42N4O6/c1-7-16(6)22(25(34)29-21(15(4)5)26(35)36)30-24(33)20(13-17-8-10-18(31)11-9-17)28-23(32)19(27)12-14(2)3/h8-11,14-16,19-22,31H,7,12-13,27H2,1-6H3,(H,28,32)(H,29,34)(H,30,33)(H,35,36). The summed E-state index contributed by atoms with van der Waals surface area (Å²) in [5, 5.41) is 27.0. The van der Waals surface area contributed by atoms with E-state index >= 15 is 0 Å². The van der Waals surface area contributed by atoms with E-state index < -0.39 is 47.9 Å². The van der Waals surface area contributed by atoms with Crippen LogP contribution in [0.15, 0.2) is 24.3 Å². The molecule has 0 radical (unpaired) electrons. The second-order valence-corrected chi connectivity index (χ2v) is 10.1. The van der Waals surface area contributed by atoms with Crippen LogP contribution in [0, 0.1) is 17.8 Å². The third-order valence-corrected chi connectivity index (χ3v) is 6.09. The Morgan fingerprint density at radius 2 is 1.42 bits per heavy atom. The zero-order chi connectivity index (χ0) is 27.6. The molecule has 1 rings (SSSR count). The lowest BCUT2D eigenvalue weighted by molar-refractivity contribution is -0.144. The van der Waals surface area contributed by atoms with Gasteiger partial charge in [0.15, 0.2) is 0 Å². The number of rotatable bonds is 14. The summed E-state index contributed by atoms with van der Waals surface area (Å²) < 4.78 is 0. The maximum atomic E-state index is 13.4. The van der Waals surface area contributed by atoms with E-state index in [1.54, 1.807) is 32.9 Å². The number of phenolic OH excluding ortho intramolecular Hbond substituents is 1. The highest BCUT2D eigenvalue weighted by molar-refractivity contribution is 5.94. The molecule has 1 aromatic rings. The van der Waals surface area contributed by atoms with E-state index in [-0.39, 0.29) is 29.9 Å². The van der Waals surface area contributed by atoms with E-state index in [9.17, 15) is 29.4 Å². The molecule has 5 unspecified atom stereocenters. The van der Waals surface area contributed by atoms with Gasteiger partial charge >= 0.3 is 5.97 Å². The predicted octanol–water partition coefficient (Wildman–Crippen LogP) is 1.55. The highest BCUT2D eigenvalue weighted by atomic mass is 16.4. The Balaban J connectivity index is 3.17. The average Bonchev–Trinajstić information content (AvgIpc) is 2.80. The molecule has 0 aliphatic rings. The molecule has 0 aromatic heterocycles. The van der Waals surface area contributed by atoms with E-state index in [4.69, 9.17) is 5.73 Å². The number of carbonyl (C=O) groups is 4. The Bertz CT molecular complexity index is 887. The van der Waals surface area contributed by atoms with Crippen LogP contribution >= 0.6 is 0 Å². The third kappa shape index (κ3) is 9.85. The van der Waals surface area contributed by atoms with Crippen molar-refractivity contribution in [3.8, 4) is 5.75 Å². The lowest BCUT2D eigenvalue weighted by atomic mass is 9.95. The molecule has 0 aliphatic heterocycles. The van der Waals surface area contributed by atoms with Gasteiger partial charge in [-0.05, 0) is 41.9 Å².